The Bertz CT molecular complexity index is 812. The van der Waals surface area contributed by atoms with Crippen LogP contribution in [0.3, 0.4) is 0 Å². The average molecular weight is 328 g/mol. The van der Waals surface area contributed by atoms with Crippen LogP contribution in [0.5, 0.6) is 5.75 Å². The molecule has 0 saturated heterocycles. The Balaban J connectivity index is 1.88. The van der Waals surface area contributed by atoms with Crippen LogP contribution in [0.25, 0.3) is 21.8 Å². The van der Waals surface area contributed by atoms with Crippen LogP contribution in [0.15, 0.2) is 47.8 Å². The first-order valence-corrected chi connectivity index (χ1v) is 8.19. The van der Waals surface area contributed by atoms with Gasteiger partial charge in [-0.25, -0.2) is 9.37 Å². The second kappa shape index (κ2) is 6.38. The molecule has 0 amide bonds. The fourth-order valence-electron chi connectivity index (χ4n) is 2.20. The largest absolute Gasteiger partial charge is 0.489 e. The van der Waals surface area contributed by atoms with Crippen LogP contribution >= 0.6 is 11.3 Å². The van der Waals surface area contributed by atoms with Crippen LogP contribution in [0, 0.1) is 5.82 Å². The number of anilines is 1. The Hall–Kier alpha value is -2.40. The Morgan fingerprint density at radius 1 is 1.09 bits per heavy atom. The molecule has 0 aliphatic heterocycles. The Kier molecular flexibility index (Phi) is 4.30. The lowest BCUT2D eigenvalue weighted by Gasteiger charge is -2.12. The van der Waals surface area contributed by atoms with E-state index < -0.39 is 0 Å². The van der Waals surface area contributed by atoms with Crippen LogP contribution < -0.4 is 10.5 Å². The van der Waals surface area contributed by atoms with Crippen molar-refractivity contribution in [3.63, 3.8) is 0 Å². The van der Waals surface area contributed by atoms with Crippen LogP contribution in [-0.4, -0.2) is 11.1 Å². The number of aromatic nitrogens is 1. The van der Waals surface area contributed by atoms with Gasteiger partial charge in [-0.15, -0.1) is 11.3 Å². The number of halogens is 1. The van der Waals surface area contributed by atoms with E-state index in [-0.39, 0.29) is 11.9 Å². The second-order valence-corrected chi connectivity index (χ2v) is 6.32. The molecule has 3 aromatic rings. The first-order chi connectivity index (χ1) is 11.0. The molecule has 0 spiro atoms. The molecule has 2 N–H and O–H groups in total. The molecule has 118 valence electrons. The molecule has 0 aliphatic rings. The Labute approximate surface area is 138 Å². The molecular formula is C18H17FN2OS. The van der Waals surface area contributed by atoms with Gasteiger partial charge in [-0.3, -0.25) is 0 Å². The van der Waals surface area contributed by atoms with Crippen LogP contribution in [0.1, 0.15) is 13.8 Å². The molecule has 1 heterocycles. The predicted molar refractivity (Wildman–Crippen MR) is 93.1 cm³/mol. The highest BCUT2D eigenvalue weighted by atomic mass is 32.1. The van der Waals surface area contributed by atoms with Crippen molar-refractivity contribution in [3.05, 3.63) is 53.7 Å². The van der Waals surface area contributed by atoms with Gasteiger partial charge in [-0.05, 0) is 56.3 Å². The first-order valence-electron chi connectivity index (χ1n) is 7.31. The number of nitrogens with two attached hydrogens (primary N) is 1. The predicted octanol–water partition coefficient (Wildman–Crippen LogP) is 4.99. The van der Waals surface area contributed by atoms with E-state index in [9.17, 15) is 4.39 Å². The summed E-state index contributed by atoms with van der Waals surface area (Å²) in [6.07, 6.45) is 0.0769. The highest BCUT2D eigenvalue weighted by molar-refractivity contribution is 7.13. The number of nitrogen functional groups attached to an aromatic ring is 1. The molecule has 1 aromatic heterocycles. The standard InChI is InChI=1S/C18H17FN2OS/c1-11(2)22-17-8-5-13(9-15(17)20)18-21-16(10-23-18)12-3-6-14(19)7-4-12/h3-11H,20H2,1-2H3. The van der Waals surface area contributed by atoms with E-state index in [0.717, 1.165) is 21.8 Å². The molecule has 5 heteroatoms. The summed E-state index contributed by atoms with van der Waals surface area (Å²) >= 11 is 1.53. The summed E-state index contributed by atoms with van der Waals surface area (Å²) in [6, 6.07) is 12.0. The minimum absolute atomic E-state index is 0.0769. The second-order valence-electron chi connectivity index (χ2n) is 5.46. The number of hydrogen-bond acceptors (Lipinski definition) is 4. The molecular weight excluding hydrogens is 311 g/mol. The number of thiazole rings is 1. The van der Waals surface area contributed by atoms with Crippen LogP contribution in [0.4, 0.5) is 10.1 Å². The fourth-order valence-corrected chi connectivity index (χ4v) is 3.03. The molecule has 0 bridgehead atoms. The number of hydrogen-bond donors (Lipinski definition) is 1. The van der Waals surface area contributed by atoms with Gasteiger partial charge in [0.05, 0.1) is 17.5 Å². The normalized spacial score (nSPS) is 11.0. The van der Waals surface area contributed by atoms with Crippen molar-refractivity contribution < 1.29 is 9.13 Å². The maximum Gasteiger partial charge on any atom is 0.142 e. The lowest BCUT2D eigenvalue weighted by Crippen LogP contribution is -2.07. The van der Waals surface area contributed by atoms with E-state index in [1.54, 1.807) is 12.1 Å². The van der Waals surface area contributed by atoms with Crippen molar-refractivity contribution in [1.82, 2.24) is 4.98 Å². The fraction of sp³-hybridized carbons (Fsp3) is 0.167. The van der Waals surface area contributed by atoms with E-state index in [1.165, 1.54) is 23.5 Å². The number of rotatable bonds is 4. The van der Waals surface area contributed by atoms with Gasteiger partial charge in [0, 0.05) is 16.5 Å². The van der Waals surface area contributed by atoms with Gasteiger partial charge in [0.2, 0.25) is 0 Å². The average Bonchev–Trinajstić information content (AvgIpc) is 2.99. The summed E-state index contributed by atoms with van der Waals surface area (Å²) in [6.45, 7) is 3.92. The van der Waals surface area contributed by atoms with Crippen molar-refractivity contribution in [2.75, 3.05) is 5.73 Å². The summed E-state index contributed by atoms with van der Waals surface area (Å²) in [7, 11) is 0. The van der Waals surface area contributed by atoms with Crippen LogP contribution in [-0.2, 0) is 0 Å². The third-order valence-electron chi connectivity index (χ3n) is 3.26. The van der Waals surface area contributed by atoms with Gasteiger partial charge in [-0.1, -0.05) is 0 Å². The van der Waals surface area contributed by atoms with Crippen molar-refractivity contribution in [2.45, 2.75) is 20.0 Å². The molecule has 0 unspecified atom stereocenters. The number of ether oxygens (including phenoxy) is 1. The first kappa shape index (κ1) is 15.5. The van der Waals surface area contributed by atoms with E-state index >= 15 is 0 Å². The highest BCUT2D eigenvalue weighted by Gasteiger charge is 2.10. The van der Waals surface area contributed by atoms with E-state index in [4.69, 9.17) is 10.5 Å². The van der Waals surface area contributed by atoms with Crippen molar-refractivity contribution in [1.29, 1.82) is 0 Å². The molecule has 0 saturated carbocycles. The molecule has 3 nitrogen and oxygen atoms in total. The molecule has 0 atom stereocenters. The zero-order valence-electron chi connectivity index (χ0n) is 12.9. The van der Waals surface area contributed by atoms with Gasteiger partial charge >= 0.3 is 0 Å². The smallest absolute Gasteiger partial charge is 0.142 e. The van der Waals surface area contributed by atoms with E-state index in [1.807, 2.05) is 37.4 Å². The Morgan fingerprint density at radius 3 is 2.43 bits per heavy atom. The van der Waals surface area contributed by atoms with Crippen molar-refractivity contribution in [2.24, 2.45) is 0 Å². The van der Waals surface area contributed by atoms with E-state index in [2.05, 4.69) is 4.98 Å². The number of benzene rings is 2. The molecule has 2 aromatic carbocycles. The summed E-state index contributed by atoms with van der Waals surface area (Å²) in [4.78, 5) is 4.61. The van der Waals surface area contributed by atoms with Gasteiger partial charge < -0.3 is 10.5 Å². The van der Waals surface area contributed by atoms with Crippen molar-refractivity contribution >= 4 is 17.0 Å². The summed E-state index contributed by atoms with van der Waals surface area (Å²) in [5, 5.41) is 2.82. The number of nitrogens with zero attached hydrogens (tertiary/aromatic N) is 1. The minimum atomic E-state index is -0.252. The topological polar surface area (TPSA) is 48.1 Å². The third-order valence-corrected chi connectivity index (χ3v) is 4.15. The molecule has 0 radical (unpaired) electrons. The van der Waals surface area contributed by atoms with Crippen LogP contribution in [0.2, 0.25) is 0 Å². The lowest BCUT2D eigenvalue weighted by atomic mass is 10.1. The van der Waals surface area contributed by atoms with Gasteiger partial charge in [0.1, 0.15) is 16.6 Å². The SMILES string of the molecule is CC(C)Oc1ccc(-c2nc(-c3ccc(F)cc3)cs2)cc1N. The van der Waals surface area contributed by atoms with Crippen molar-refractivity contribution in [3.8, 4) is 27.6 Å². The monoisotopic (exact) mass is 328 g/mol. The maximum absolute atomic E-state index is 13.0. The lowest BCUT2D eigenvalue weighted by molar-refractivity contribution is 0.244. The molecule has 0 fully saturated rings. The molecule has 23 heavy (non-hydrogen) atoms. The zero-order valence-corrected chi connectivity index (χ0v) is 13.7. The summed E-state index contributed by atoms with van der Waals surface area (Å²) in [5.74, 6) is 0.428. The van der Waals surface area contributed by atoms with Gasteiger partial charge in [0.15, 0.2) is 0 Å². The van der Waals surface area contributed by atoms with Gasteiger partial charge in [-0.2, -0.15) is 0 Å². The summed E-state index contributed by atoms with van der Waals surface area (Å²) < 4.78 is 18.6. The zero-order chi connectivity index (χ0) is 16.4. The highest BCUT2D eigenvalue weighted by Crippen LogP contribution is 2.33. The third kappa shape index (κ3) is 3.51. The quantitative estimate of drug-likeness (QED) is 0.687. The molecule has 0 aliphatic carbocycles. The summed E-state index contributed by atoms with van der Waals surface area (Å²) in [5.41, 5.74) is 9.30. The van der Waals surface area contributed by atoms with Gasteiger partial charge in [0.25, 0.3) is 0 Å². The Morgan fingerprint density at radius 2 is 1.78 bits per heavy atom. The maximum atomic E-state index is 13.0. The van der Waals surface area contributed by atoms with E-state index in [0.29, 0.717) is 11.4 Å². The molecule has 3 rings (SSSR count). The minimum Gasteiger partial charge on any atom is -0.489 e.